The fourth-order valence-electron chi connectivity index (χ4n) is 2.33. The van der Waals surface area contributed by atoms with Gasteiger partial charge in [0.1, 0.15) is 5.76 Å². The number of carbonyl (C=O) groups is 1. The normalized spacial score (nSPS) is 11.5. The molecule has 0 spiro atoms. The van der Waals surface area contributed by atoms with Crippen LogP contribution in [-0.4, -0.2) is 32.6 Å². The number of rotatable bonds is 8. The van der Waals surface area contributed by atoms with Gasteiger partial charge in [-0.05, 0) is 55.5 Å². The minimum atomic E-state index is -0.230. The third kappa shape index (κ3) is 5.34. The second-order valence-electron chi connectivity index (χ2n) is 5.53. The average Bonchev–Trinajstić information content (AvgIpc) is 3.36. The summed E-state index contributed by atoms with van der Waals surface area (Å²) in [6, 6.07) is 11.0. The van der Waals surface area contributed by atoms with Gasteiger partial charge >= 0.3 is 0 Å². The zero-order valence-electron chi connectivity index (χ0n) is 15.1. The van der Waals surface area contributed by atoms with Crippen LogP contribution in [0, 0.1) is 0 Å². The number of halogens is 1. The van der Waals surface area contributed by atoms with E-state index in [-0.39, 0.29) is 11.7 Å². The smallest absolute Gasteiger partial charge is 0.250 e. The summed E-state index contributed by atoms with van der Waals surface area (Å²) >= 11 is 7.24. The predicted molar refractivity (Wildman–Crippen MR) is 111 cm³/mol. The second-order valence-corrected chi connectivity index (χ2v) is 6.91. The summed E-state index contributed by atoms with van der Waals surface area (Å²) in [5.74, 6) is 1.40. The number of allylic oxidation sites excluding steroid dienone is 1. The molecule has 0 aliphatic carbocycles. The molecule has 0 fully saturated rings. The highest BCUT2D eigenvalue weighted by Gasteiger charge is 2.14. The van der Waals surface area contributed by atoms with Crippen LogP contribution >= 0.6 is 23.4 Å². The minimum absolute atomic E-state index is 0.179. The molecule has 0 aliphatic rings. The van der Waals surface area contributed by atoms with Gasteiger partial charge < -0.3 is 8.98 Å². The van der Waals surface area contributed by atoms with E-state index in [9.17, 15) is 4.79 Å². The van der Waals surface area contributed by atoms with Crippen molar-refractivity contribution in [2.24, 2.45) is 5.10 Å². The Labute approximate surface area is 171 Å². The van der Waals surface area contributed by atoms with E-state index in [0.29, 0.717) is 22.5 Å². The van der Waals surface area contributed by atoms with Crippen molar-refractivity contribution >= 4 is 41.6 Å². The molecule has 1 amide bonds. The maximum atomic E-state index is 12.0. The molecule has 3 rings (SSSR count). The molecule has 0 radical (unpaired) electrons. The highest BCUT2D eigenvalue weighted by Crippen LogP contribution is 2.24. The Morgan fingerprint density at radius 1 is 1.32 bits per heavy atom. The minimum Gasteiger partial charge on any atom is -0.465 e. The number of furan rings is 1. The molecule has 2 aromatic heterocycles. The zero-order valence-corrected chi connectivity index (χ0v) is 16.7. The Kier molecular flexibility index (Phi) is 7.05. The first-order valence-electron chi connectivity index (χ1n) is 8.51. The third-order valence-electron chi connectivity index (χ3n) is 3.62. The van der Waals surface area contributed by atoms with Crippen molar-refractivity contribution in [1.29, 1.82) is 0 Å². The van der Waals surface area contributed by atoms with Crippen LogP contribution in [0.3, 0.4) is 0 Å². The third-order valence-corrected chi connectivity index (χ3v) is 4.84. The van der Waals surface area contributed by atoms with Crippen molar-refractivity contribution in [2.75, 3.05) is 5.75 Å². The Morgan fingerprint density at radius 2 is 2.14 bits per heavy atom. The molecule has 1 aromatic carbocycles. The quantitative estimate of drug-likeness (QED) is 0.340. The first-order chi connectivity index (χ1) is 13.7. The Bertz CT molecular complexity index is 965. The fourth-order valence-corrected chi connectivity index (χ4v) is 3.25. The lowest BCUT2D eigenvalue weighted by molar-refractivity contribution is -0.118. The summed E-state index contributed by atoms with van der Waals surface area (Å²) in [6.45, 7) is 2.69. The van der Waals surface area contributed by atoms with Gasteiger partial charge in [0.05, 0.1) is 12.0 Å². The molecule has 0 atom stereocenters. The summed E-state index contributed by atoms with van der Waals surface area (Å²) in [6.07, 6.45) is 6.49. The van der Waals surface area contributed by atoms with Gasteiger partial charge in [0.25, 0.3) is 5.91 Å². The molecule has 144 valence electrons. The van der Waals surface area contributed by atoms with Gasteiger partial charge in [0.15, 0.2) is 11.0 Å². The summed E-state index contributed by atoms with van der Waals surface area (Å²) < 4.78 is 7.10. The molecule has 0 aliphatic heterocycles. The lowest BCUT2D eigenvalue weighted by Gasteiger charge is -2.07. The lowest BCUT2D eigenvalue weighted by atomic mass is 10.2. The maximum Gasteiger partial charge on any atom is 0.250 e. The number of hydrogen-bond donors (Lipinski definition) is 1. The number of nitrogens with one attached hydrogen (secondary N) is 1. The zero-order chi connectivity index (χ0) is 19.8. The van der Waals surface area contributed by atoms with E-state index in [1.807, 2.05) is 41.8 Å². The molecule has 1 N–H and O–H groups in total. The van der Waals surface area contributed by atoms with Gasteiger partial charge in [0, 0.05) is 23.3 Å². The Balaban J connectivity index is 1.54. The number of carbonyl (C=O) groups excluding carboxylic acids is 1. The van der Waals surface area contributed by atoms with E-state index in [2.05, 4.69) is 20.7 Å². The number of thioether (sulfide) groups is 1. The first-order valence-corrected chi connectivity index (χ1v) is 9.87. The van der Waals surface area contributed by atoms with E-state index in [0.717, 1.165) is 11.4 Å². The largest absolute Gasteiger partial charge is 0.465 e. The topological polar surface area (TPSA) is 85.3 Å². The summed E-state index contributed by atoms with van der Waals surface area (Å²) in [5, 5.41) is 13.6. The van der Waals surface area contributed by atoms with Crippen molar-refractivity contribution in [3.63, 3.8) is 0 Å². The van der Waals surface area contributed by atoms with Crippen molar-refractivity contribution in [3.8, 4) is 11.4 Å². The van der Waals surface area contributed by atoms with Gasteiger partial charge in [-0.2, -0.15) is 5.10 Å². The monoisotopic (exact) mass is 415 g/mol. The van der Waals surface area contributed by atoms with Crippen LogP contribution < -0.4 is 5.43 Å². The molecule has 0 saturated carbocycles. The van der Waals surface area contributed by atoms with Gasteiger partial charge in [-0.25, -0.2) is 5.43 Å². The average molecular weight is 416 g/mol. The van der Waals surface area contributed by atoms with E-state index in [1.165, 1.54) is 18.0 Å². The van der Waals surface area contributed by atoms with Crippen LogP contribution in [0.5, 0.6) is 0 Å². The van der Waals surface area contributed by atoms with Gasteiger partial charge in [-0.3, -0.25) is 4.79 Å². The van der Waals surface area contributed by atoms with E-state index < -0.39 is 0 Å². The molecule has 0 saturated heterocycles. The van der Waals surface area contributed by atoms with Crippen LogP contribution in [0.15, 0.2) is 63.4 Å². The molecule has 7 nitrogen and oxygen atoms in total. The van der Waals surface area contributed by atoms with Gasteiger partial charge in [0.2, 0.25) is 0 Å². The molecule has 9 heteroatoms. The van der Waals surface area contributed by atoms with Crippen LogP contribution in [-0.2, 0) is 11.3 Å². The van der Waals surface area contributed by atoms with Crippen LogP contribution in [0.25, 0.3) is 17.5 Å². The molecule has 3 aromatic rings. The summed E-state index contributed by atoms with van der Waals surface area (Å²) in [5.41, 5.74) is 3.39. The standard InChI is InChI=1S/C19H18ClN5O2S/c1-2-25-18(14-7-9-15(20)10-8-14)23-24-19(25)28-13-17(26)22-21-11-3-5-16-6-4-12-27-16/h3-12H,2,13H2,1H3,(H,22,26)/b5-3+,21-11+. The predicted octanol–water partition coefficient (Wildman–Crippen LogP) is 4.12. The number of hydrogen-bond acceptors (Lipinski definition) is 6. The highest BCUT2D eigenvalue weighted by molar-refractivity contribution is 7.99. The second kappa shape index (κ2) is 9.91. The van der Waals surface area contributed by atoms with E-state index in [4.69, 9.17) is 16.0 Å². The number of amides is 1. The van der Waals surface area contributed by atoms with Crippen molar-refractivity contribution < 1.29 is 9.21 Å². The molecule has 28 heavy (non-hydrogen) atoms. The van der Waals surface area contributed by atoms with Crippen LogP contribution in [0.2, 0.25) is 5.02 Å². The Hall–Kier alpha value is -2.84. The summed E-state index contributed by atoms with van der Waals surface area (Å²) in [4.78, 5) is 12.0. The number of hydrazone groups is 1. The molecular weight excluding hydrogens is 398 g/mol. The molecule has 2 heterocycles. The number of nitrogens with zero attached hydrogens (tertiary/aromatic N) is 4. The van der Waals surface area contributed by atoms with Gasteiger partial charge in [-0.1, -0.05) is 23.4 Å². The Morgan fingerprint density at radius 3 is 2.86 bits per heavy atom. The van der Waals surface area contributed by atoms with E-state index in [1.54, 1.807) is 24.5 Å². The molecule has 0 bridgehead atoms. The maximum absolute atomic E-state index is 12.0. The molecular formula is C19H18ClN5O2S. The summed E-state index contributed by atoms with van der Waals surface area (Å²) in [7, 11) is 0. The number of aromatic nitrogens is 3. The highest BCUT2D eigenvalue weighted by atomic mass is 35.5. The van der Waals surface area contributed by atoms with Crippen molar-refractivity contribution in [2.45, 2.75) is 18.6 Å². The van der Waals surface area contributed by atoms with Crippen molar-refractivity contribution in [3.05, 3.63) is 59.5 Å². The first kappa shape index (κ1) is 19.9. The fraction of sp³-hybridized carbons (Fsp3) is 0.158. The lowest BCUT2D eigenvalue weighted by Crippen LogP contribution is -2.19. The van der Waals surface area contributed by atoms with Gasteiger partial charge in [-0.15, -0.1) is 10.2 Å². The SMILES string of the molecule is CCn1c(SCC(=O)N/N=C/C=C/c2ccco2)nnc1-c1ccc(Cl)cc1. The molecule has 0 unspecified atom stereocenters. The van der Waals surface area contributed by atoms with E-state index >= 15 is 0 Å². The number of benzene rings is 1. The van der Waals surface area contributed by atoms with Crippen LogP contribution in [0.1, 0.15) is 12.7 Å². The van der Waals surface area contributed by atoms with Crippen molar-refractivity contribution in [1.82, 2.24) is 20.2 Å². The van der Waals surface area contributed by atoms with Crippen LogP contribution in [0.4, 0.5) is 0 Å².